The molecule has 1 aliphatic heterocycles. The molecule has 1 atom stereocenters. The SMILES string of the molecule is CCN(CC)CCOc1ccc(C2NCCc3cc(OCCN(C)C)ccc32)cc1. The predicted octanol–water partition coefficient (Wildman–Crippen LogP) is 3.58. The Kier molecular flexibility index (Phi) is 8.55. The summed E-state index contributed by atoms with van der Waals surface area (Å²) in [5, 5.41) is 3.67. The molecule has 30 heavy (non-hydrogen) atoms. The third kappa shape index (κ3) is 6.21. The number of benzene rings is 2. The van der Waals surface area contributed by atoms with E-state index in [0.29, 0.717) is 6.61 Å². The smallest absolute Gasteiger partial charge is 0.119 e. The Morgan fingerprint density at radius 2 is 1.57 bits per heavy atom. The average molecular weight is 412 g/mol. The van der Waals surface area contributed by atoms with Gasteiger partial charge in [-0.25, -0.2) is 0 Å². The van der Waals surface area contributed by atoms with Gasteiger partial charge in [-0.15, -0.1) is 0 Å². The Morgan fingerprint density at radius 3 is 2.27 bits per heavy atom. The van der Waals surface area contributed by atoms with Gasteiger partial charge < -0.3 is 24.6 Å². The first-order chi connectivity index (χ1) is 14.6. The molecule has 1 unspecified atom stereocenters. The van der Waals surface area contributed by atoms with Gasteiger partial charge in [0.25, 0.3) is 0 Å². The van der Waals surface area contributed by atoms with Gasteiger partial charge in [-0.3, -0.25) is 0 Å². The average Bonchev–Trinajstić information content (AvgIpc) is 2.76. The van der Waals surface area contributed by atoms with Crippen molar-refractivity contribution in [2.75, 3.05) is 60.0 Å². The van der Waals surface area contributed by atoms with Crippen molar-refractivity contribution in [3.63, 3.8) is 0 Å². The zero-order valence-electron chi connectivity index (χ0n) is 19.0. The molecule has 0 fully saturated rings. The van der Waals surface area contributed by atoms with Crippen LogP contribution in [0.2, 0.25) is 0 Å². The lowest BCUT2D eigenvalue weighted by Crippen LogP contribution is -2.30. The third-order valence-electron chi connectivity index (χ3n) is 5.76. The van der Waals surface area contributed by atoms with Crippen LogP contribution in [0.1, 0.15) is 36.6 Å². The molecule has 0 bridgehead atoms. The van der Waals surface area contributed by atoms with Gasteiger partial charge in [-0.1, -0.05) is 32.0 Å². The molecule has 5 nitrogen and oxygen atoms in total. The first-order valence-corrected chi connectivity index (χ1v) is 11.2. The minimum absolute atomic E-state index is 0.217. The number of nitrogens with zero attached hydrogens (tertiary/aromatic N) is 2. The van der Waals surface area contributed by atoms with Crippen molar-refractivity contribution in [1.82, 2.24) is 15.1 Å². The molecular formula is C25H37N3O2. The molecule has 0 saturated heterocycles. The molecule has 2 aromatic carbocycles. The Labute approximate surface area is 182 Å². The fourth-order valence-corrected chi connectivity index (χ4v) is 3.86. The van der Waals surface area contributed by atoms with Crippen molar-refractivity contribution in [3.8, 4) is 11.5 Å². The Bertz CT molecular complexity index is 772. The molecule has 0 amide bonds. The van der Waals surface area contributed by atoms with E-state index in [1.807, 2.05) is 0 Å². The quantitative estimate of drug-likeness (QED) is 0.612. The second kappa shape index (κ2) is 11.3. The molecule has 1 heterocycles. The van der Waals surface area contributed by atoms with E-state index in [2.05, 4.69) is 85.5 Å². The molecule has 1 aliphatic rings. The topological polar surface area (TPSA) is 37.0 Å². The molecule has 1 N–H and O–H groups in total. The summed E-state index contributed by atoms with van der Waals surface area (Å²) in [4.78, 5) is 4.51. The molecule has 0 saturated carbocycles. The molecular weight excluding hydrogens is 374 g/mol. The number of fused-ring (bicyclic) bond motifs is 1. The Morgan fingerprint density at radius 1 is 0.900 bits per heavy atom. The van der Waals surface area contributed by atoms with Crippen LogP contribution in [-0.2, 0) is 6.42 Å². The number of hydrogen-bond donors (Lipinski definition) is 1. The number of likely N-dealkylation sites (N-methyl/N-ethyl adjacent to an activating group) is 2. The summed E-state index contributed by atoms with van der Waals surface area (Å²) in [6.07, 6.45) is 1.03. The van der Waals surface area contributed by atoms with Gasteiger partial charge in [0.15, 0.2) is 0 Å². The summed E-state index contributed by atoms with van der Waals surface area (Å²) in [5.41, 5.74) is 3.99. The van der Waals surface area contributed by atoms with E-state index in [9.17, 15) is 0 Å². The minimum atomic E-state index is 0.217. The monoisotopic (exact) mass is 411 g/mol. The highest BCUT2D eigenvalue weighted by Gasteiger charge is 2.21. The highest BCUT2D eigenvalue weighted by atomic mass is 16.5. The second-order valence-electron chi connectivity index (χ2n) is 8.09. The van der Waals surface area contributed by atoms with Gasteiger partial charge in [-0.05, 0) is 74.6 Å². The van der Waals surface area contributed by atoms with Crippen LogP contribution < -0.4 is 14.8 Å². The van der Waals surface area contributed by atoms with Crippen LogP contribution in [0.15, 0.2) is 42.5 Å². The lowest BCUT2D eigenvalue weighted by Gasteiger charge is -2.28. The summed E-state index contributed by atoms with van der Waals surface area (Å²) in [7, 11) is 4.13. The van der Waals surface area contributed by atoms with Crippen molar-refractivity contribution < 1.29 is 9.47 Å². The van der Waals surface area contributed by atoms with E-state index in [-0.39, 0.29) is 6.04 Å². The van der Waals surface area contributed by atoms with Crippen LogP contribution in [0, 0.1) is 0 Å². The molecule has 5 heteroatoms. The van der Waals surface area contributed by atoms with E-state index < -0.39 is 0 Å². The van der Waals surface area contributed by atoms with Crippen LogP contribution in [0.25, 0.3) is 0 Å². The number of rotatable bonds is 11. The summed E-state index contributed by atoms with van der Waals surface area (Å²) in [6.45, 7) is 10.8. The molecule has 0 spiro atoms. The zero-order valence-corrected chi connectivity index (χ0v) is 19.0. The van der Waals surface area contributed by atoms with E-state index in [0.717, 1.165) is 57.3 Å². The van der Waals surface area contributed by atoms with E-state index in [1.165, 1.54) is 16.7 Å². The Balaban J connectivity index is 1.62. The lowest BCUT2D eigenvalue weighted by atomic mass is 9.90. The number of ether oxygens (including phenoxy) is 2. The van der Waals surface area contributed by atoms with Crippen LogP contribution in [-0.4, -0.2) is 69.8 Å². The van der Waals surface area contributed by atoms with E-state index in [1.54, 1.807) is 0 Å². The summed E-state index contributed by atoms with van der Waals surface area (Å²) in [6, 6.07) is 15.3. The largest absolute Gasteiger partial charge is 0.492 e. The maximum Gasteiger partial charge on any atom is 0.119 e. The van der Waals surface area contributed by atoms with Gasteiger partial charge in [0.05, 0.1) is 6.04 Å². The van der Waals surface area contributed by atoms with Gasteiger partial charge in [-0.2, -0.15) is 0 Å². The van der Waals surface area contributed by atoms with Crippen molar-refractivity contribution in [2.45, 2.75) is 26.3 Å². The zero-order chi connectivity index (χ0) is 21.3. The van der Waals surface area contributed by atoms with E-state index in [4.69, 9.17) is 9.47 Å². The van der Waals surface area contributed by atoms with Crippen molar-refractivity contribution in [2.24, 2.45) is 0 Å². The van der Waals surface area contributed by atoms with Gasteiger partial charge in [0, 0.05) is 19.6 Å². The van der Waals surface area contributed by atoms with Gasteiger partial charge in [0.2, 0.25) is 0 Å². The van der Waals surface area contributed by atoms with Crippen LogP contribution in [0.4, 0.5) is 0 Å². The maximum atomic E-state index is 5.94. The van der Waals surface area contributed by atoms with Crippen molar-refractivity contribution in [3.05, 3.63) is 59.2 Å². The first-order valence-electron chi connectivity index (χ1n) is 11.2. The third-order valence-corrected chi connectivity index (χ3v) is 5.76. The molecule has 0 radical (unpaired) electrons. The standard InChI is InChI=1S/C25H37N3O2/c1-5-28(6-2)16-18-29-22-9-7-20(8-10-22)25-24-12-11-23(30-17-15-27(3)4)19-21(24)13-14-26-25/h7-12,19,25-26H,5-6,13-18H2,1-4H3. The summed E-state index contributed by atoms with van der Waals surface area (Å²) >= 11 is 0. The Hall–Kier alpha value is -2.08. The van der Waals surface area contributed by atoms with E-state index >= 15 is 0 Å². The maximum absolute atomic E-state index is 5.94. The molecule has 164 valence electrons. The highest BCUT2D eigenvalue weighted by Crippen LogP contribution is 2.32. The molecule has 0 aliphatic carbocycles. The number of nitrogens with one attached hydrogen (secondary N) is 1. The molecule has 3 rings (SSSR count). The first kappa shape index (κ1) is 22.6. The van der Waals surface area contributed by atoms with Crippen LogP contribution in [0.5, 0.6) is 11.5 Å². The fourth-order valence-electron chi connectivity index (χ4n) is 3.86. The molecule has 0 aromatic heterocycles. The lowest BCUT2D eigenvalue weighted by molar-refractivity contribution is 0.223. The summed E-state index contributed by atoms with van der Waals surface area (Å²) < 4.78 is 11.9. The highest BCUT2D eigenvalue weighted by molar-refractivity contribution is 5.44. The van der Waals surface area contributed by atoms with Gasteiger partial charge in [0.1, 0.15) is 24.7 Å². The normalized spacial score (nSPS) is 16.0. The minimum Gasteiger partial charge on any atom is -0.492 e. The van der Waals surface area contributed by atoms with Gasteiger partial charge >= 0.3 is 0 Å². The van der Waals surface area contributed by atoms with Crippen molar-refractivity contribution in [1.29, 1.82) is 0 Å². The fraction of sp³-hybridized carbons (Fsp3) is 0.520. The second-order valence-corrected chi connectivity index (χ2v) is 8.09. The molecule has 2 aromatic rings. The summed E-state index contributed by atoms with van der Waals surface area (Å²) in [5.74, 6) is 1.90. The number of hydrogen-bond acceptors (Lipinski definition) is 5. The van der Waals surface area contributed by atoms with Crippen molar-refractivity contribution >= 4 is 0 Å². The predicted molar refractivity (Wildman–Crippen MR) is 124 cm³/mol. The van der Waals surface area contributed by atoms with Crippen LogP contribution >= 0.6 is 0 Å². The van der Waals surface area contributed by atoms with Crippen LogP contribution in [0.3, 0.4) is 0 Å².